The first-order valence-corrected chi connectivity index (χ1v) is 5.41. The van der Waals surface area contributed by atoms with Gasteiger partial charge < -0.3 is 11.1 Å². The zero-order valence-electron chi connectivity index (χ0n) is 9.59. The third kappa shape index (κ3) is 2.74. The second-order valence-corrected chi connectivity index (χ2v) is 3.82. The molecule has 0 spiro atoms. The van der Waals surface area contributed by atoms with E-state index < -0.39 is 0 Å². The molecule has 90 valence electrons. The van der Waals surface area contributed by atoms with Gasteiger partial charge in [0.15, 0.2) is 0 Å². The van der Waals surface area contributed by atoms with Gasteiger partial charge in [-0.1, -0.05) is 18.2 Å². The topological polar surface area (TPSA) is 72.2 Å². The maximum Gasteiger partial charge on any atom is 0.255 e. The Balaban J connectivity index is 2.18. The van der Waals surface area contributed by atoms with Gasteiger partial charge in [0.05, 0.1) is 0 Å². The Bertz CT molecular complexity index is 594. The summed E-state index contributed by atoms with van der Waals surface area (Å²) in [6, 6.07) is 13.4. The van der Waals surface area contributed by atoms with Crippen LogP contribution in [0.5, 0.6) is 0 Å². The van der Waals surface area contributed by atoms with Crippen molar-refractivity contribution in [3.05, 3.63) is 59.7 Å². The summed E-state index contributed by atoms with van der Waals surface area (Å²) in [6.45, 7) is 0. The van der Waals surface area contributed by atoms with Gasteiger partial charge in [-0.05, 0) is 30.3 Å². The average molecular weight is 240 g/mol. The Kier molecular flexibility index (Phi) is 3.38. The highest BCUT2D eigenvalue weighted by molar-refractivity contribution is 6.05. The molecule has 4 nitrogen and oxygen atoms in total. The number of anilines is 2. The van der Waals surface area contributed by atoms with Crippen molar-refractivity contribution >= 4 is 23.6 Å². The largest absolute Gasteiger partial charge is 0.399 e. The van der Waals surface area contributed by atoms with E-state index in [1.54, 1.807) is 48.5 Å². The molecule has 0 radical (unpaired) electrons. The summed E-state index contributed by atoms with van der Waals surface area (Å²) in [5.41, 5.74) is 7.71. The van der Waals surface area contributed by atoms with Crippen molar-refractivity contribution in [1.82, 2.24) is 0 Å². The number of hydrogen-bond donors (Lipinski definition) is 2. The standard InChI is InChI=1S/C14H12N2O2/c15-12-5-2-4-11(8-12)14(18)16-13-6-1-3-10(7-13)9-17/h1-9H,15H2,(H,16,18). The Morgan fingerprint density at radius 1 is 1.11 bits per heavy atom. The van der Waals surface area contributed by atoms with Crippen molar-refractivity contribution in [3.8, 4) is 0 Å². The molecular formula is C14H12N2O2. The minimum Gasteiger partial charge on any atom is -0.399 e. The summed E-state index contributed by atoms with van der Waals surface area (Å²) < 4.78 is 0. The van der Waals surface area contributed by atoms with E-state index in [1.165, 1.54) is 0 Å². The number of nitrogens with two attached hydrogens (primary N) is 1. The highest BCUT2D eigenvalue weighted by atomic mass is 16.1. The van der Waals surface area contributed by atoms with Crippen LogP contribution in [0.15, 0.2) is 48.5 Å². The summed E-state index contributed by atoms with van der Waals surface area (Å²) in [5.74, 6) is -0.259. The first kappa shape index (κ1) is 11.9. The van der Waals surface area contributed by atoms with Gasteiger partial charge in [0.2, 0.25) is 0 Å². The summed E-state index contributed by atoms with van der Waals surface area (Å²) >= 11 is 0. The van der Waals surface area contributed by atoms with Crippen LogP contribution in [-0.2, 0) is 0 Å². The van der Waals surface area contributed by atoms with Crippen molar-refractivity contribution in [2.24, 2.45) is 0 Å². The summed E-state index contributed by atoms with van der Waals surface area (Å²) in [6.07, 6.45) is 0.732. The van der Waals surface area contributed by atoms with E-state index in [0.717, 1.165) is 6.29 Å². The van der Waals surface area contributed by atoms with Gasteiger partial charge >= 0.3 is 0 Å². The van der Waals surface area contributed by atoms with Crippen LogP contribution >= 0.6 is 0 Å². The molecule has 0 aliphatic carbocycles. The Hall–Kier alpha value is -2.62. The van der Waals surface area contributed by atoms with Crippen molar-refractivity contribution in [3.63, 3.8) is 0 Å². The number of nitrogens with one attached hydrogen (secondary N) is 1. The van der Waals surface area contributed by atoms with Gasteiger partial charge in [0, 0.05) is 22.5 Å². The predicted octanol–water partition coefficient (Wildman–Crippen LogP) is 2.33. The summed E-state index contributed by atoms with van der Waals surface area (Å²) in [5, 5.41) is 2.71. The van der Waals surface area contributed by atoms with Crippen molar-refractivity contribution in [2.75, 3.05) is 11.1 Å². The van der Waals surface area contributed by atoms with Crippen LogP contribution in [0.25, 0.3) is 0 Å². The molecule has 4 heteroatoms. The smallest absolute Gasteiger partial charge is 0.255 e. The molecule has 2 aromatic rings. The van der Waals surface area contributed by atoms with Crippen LogP contribution in [0, 0.1) is 0 Å². The molecule has 2 aromatic carbocycles. The van der Waals surface area contributed by atoms with E-state index in [0.29, 0.717) is 22.5 Å². The highest BCUT2D eigenvalue weighted by Crippen LogP contribution is 2.12. The molecule has 18 heavy (non-hydrogen) atoms. The van der Waals surface area contributed by atoms with Gasteiger partial charge in [-0.25, -0.2) is 0 Å². The summed E-state index contributed by atoms with van der Waals surface area (Å²) in [7, 11) is 0. The SMILES string of the molecule is Nc1cccc(C(=O)Nc2cccc(C=O)c2)c1. The number of rotatable bonds is 3. The number of aldehydes is 1. The zero-order valence-corrected chi connectivity index (χ0v) is 9.59. The van der Waals surface area contributed by atoms with E-state index in [9.17, 15) is 9.59 Å². The first-order valence-electron chi connectivity index (χ1n) is 5.41. The van der Waals surface area contributed by atoms with Gasteiger partial charge in [0.25, 0.3) is 5.91 Å². The molecule has 2 rings (SSSR count). The lowest BCUT2D eigenvalue weighted by Crippen LogP contribution is -2.12. The minimum absolute atomic E-state index is 0.259. The fourth-order valence-corrected chi connectivity index (χ4v) is 1.57. The lowest BCUT2D eigenvalue weighted by Gasteiger charge is -2.06. The average Bonchev–Trinajstić information content (AvgIpc) is 2.39. The maximum absolute atomic E-state index is 11.9. The van der Waals surface area contributed by atoms with Crippen LogP contribution < -0.4 is 11.1 Å². The lowest BCUT2D eigenvalue weighted by molar-refractivity contribution is 0.102. The molecule has 1 amide bonds. The second kappa shape index (κ2) is 5.14. The molecule has 0 atom stereocenters. The van der Waals surface area contributed by atoms with E-state index in [-0.39, 0.29) is 5.91 Å². The second-order valence-electron chi connectivity index (χ2n) is 3.82. The maximum atomic E-state index is 11.9. The Labute approximate surface area is 104 Å². The molecule has 0 saturated carbocycles. The van der Waals surface area contributed by atoms with Crippen LogP contribution in [0.2, 0.25) is 0 Å². The van der Waals surface area contributed by atoms with Gasteiger partial charge in [-0.2, -0.15) is 0 Å². The normalized spacial score (nSPS) is 9.78. The van der Waals surface area contributed by atoms with Crippen LogP contribution in [0.3, 0.4) is 0 Å². The third-order valence-electron chi connectivity index (χ3n) is 2.43. The first-order chi connectivity index (χ1) is 8.69. The lowest BCUT2D eigenvalue weighted by atomic mass is 10.1. The fraction of sp³-hybridized carbons (Fsp3) is 0. The van der Waals surface area contributed by atoms with E-state index >= 15 is 0 Å². The number of benzene rings is 2. The Morgan fingerprint density at radius 3 is 2.61 bits per heavy atom. The zero-order chi connectivity index (χ0) is 13.0. The fourth-order valence-electron chi connectivity index (χ4n) is 1.57. The molecular weight excluding hydrogens is 228 g/mol. The van der Waals surface area contributed by atoms with Crippen LogP contribution in [0.4, 0.5) is 11.4 Å². The molecule has 0 aliphatic heterocycles. The Morgan fingerprint density at radius 2 is 1.89 bits per heavy atom. The van der Waals surface area contributed by atoms with Gasteiger partial charge in [-0.15, -0.1) is 0 Å². The molecule has 3 N–H and O–H groups in total. The van der Waals surface area contributed by atoms with Gasteiger partial charge in [-0.3, -0.25) is 9.59 Å². The molecule has 0 fully saturated rings. The monoisotopic (exact) mass is 240 g/mol. The minimum atomic E-state index is -0.259. The number of nitrogen functional groups attached to an aromatic ring is 1. The molecule has 0 aromatic heterocycles. The van der Waals surface area contributed by atoms with Crippen molar-refractivity contribution < 1.29 is 9.59 Å². The quantitative estimate of drug-likeness (QED) is 0.638. The number of carbonyl (C=O) groups excluding carboxylic acids is 2. The molecule has 0 heterocycles. The predicted molar refractivity (Wildman–Crippen MR) is 70.6 cm³/mol. The number of amides is 1. The highest BCUT2D eigenvalue weighted by Gasteiger charge is 2.06. The van der Waals surface area contributed by atoms with Crippen molar-refractivity contribution in [1.29, 1.82) is 0 Å². The van der Waals surface area contributed by atoms with Gasteiger partial charge in [0.1, 0.15) is 6.29 Å². The molecule has 0 saturated heterocycles. The van der Waals surface area contributed by atoms with E-state index in [2.05, 4.69) is 5.32 Å². The number of hydrogen-bond acceptors (Lipinski definition) is 3. The van der Waals surface area contributed by atoms with Crippen LogP contribution in [0.1, 0.15) is 20.7 Å². The third-order valence-corrected chi connectivity index (χ3v) is 2.43. The number of carbonyl (C=O) groups is 2. The van der Waals surface area contributed by atoms with Crippen molar-refractivity contribution in [2.45, 2.75) is 0 Å². The van der Waals surface area contributed by atoms with E-state index in [4.69, 9.17) is 5.73 Å². The molecule has 0 unspecified atom stereocenters. The molecule has 0 bridgehead atoms. The van der Waals surface area contributed by atoms with E-state index in [1.807, 2.05) is 0 Å². The molecule has 0 aliphatic rings. The summed E-state index contributed by atoms with van der Waals surface area (Å²) in [4.78, 5) is 22.5. The van der Waals surface area contributed by atoms with Crippen LogP contribution in [-0.4, -0.2) is 12.2 Å².